The fourth-order valence-electron chi connectivity index (χ4n) is 2.47. The smallest absolute Gasteiger partial charge is 0.253 e. The van der Waals surface area contributed by atoms with Crippen molar-refractivity contribution in [2.24, 2.45) is 0 Å². The Balaban J connectivity index is 0.00000220. The third kappa shape index (κ3) is 5.19. The Labute approximate surface area is 132 Å². The average Bonchev–Trinajstić information content (AvgIpc) is 2.70. The molecule has 0 bridgehead atoms. The number of anilines is 1. The number of carbonyl (C=O) groups is 1. The van der Waals surface area contributed by atoms with Gasteiger partial charge in [-0.25, -0.2) is 0 Å². The van der Waals surface area contributed by atoms with Crippen LogP contribution in [0.25, 0.3) is 0 Å². The van der Waals surface area contributed by atoms with E-state index >= 15 is 0 Å². The number of carbonyl (C=O) groups excluding carboxylic acids is 1. The summed E-state index contributed by atoms with van der Waals surface area (Å²) >= 11 is 0. The van der Waals surface area contributed by atoms with Crippen molar-refractivity contribution >= 4 is 24.0 Å². The van der Waals surface area contributed by atoms with Gasteiger partial charge in [0, 0.05) is 44.5 Å². The first-order valence-electron chi connectivity index (χ1n) is 7.07. The lowest BCUT2D eigenvalue weighted by atomic mass is 10.1. The zero-order valence-electron chi connectivity index (χ0n) is 12.5. The molecule has 0 saturated carbocycles. The van der Waals surface area contributed by atoms with Crippen LogP contribution in [0.4, 0.5) is 5.69 Å². The number of nitrogens with zero attached hydrogens (tertiary/aromatic N) is 2. The Hall–Kier alpha value is -1.30. The van der Waals surface area contributed by atoms with Crippen molar-refractivity contribution in [1.29, 1.82) is 0 Å². The molecule has 5 nitrogen and oxygen atoms in total. The number of methoxy groups -OCH3 is 1. The normalized spacial score (nSPS) is 16.1. The molecule has 2 N–H and O–H groups in total. The Bertz CT molecular complexity index is 456. The van der Waals surface area contributed by atoms with Crippen LogP contribution in [0, 0.1) is 0 Å². The van der Waals surface area contributed by atoms with E-state index in [4.69, 9.17) is 10.5 Å². The van der Waals surface area contributed by atoms with Gasteiger partial charge in [0.25, 0.3) is 5.91 Å². The van der Waals surface area contributed by atoms with Crippen LogP contribution >= 0.6 is 12.4 Å². The standard InChI is InChI=1S/C15H23N3O2.ClH/c1-20-11-10-17-6-3-7-18(9-8-17)15(19)13-4-2-5-14(16)12-13;/h2,4-5,12H,3,6-11,16H2,1H3;1H. The SMILES string of the molecule is COCCN1CCCN(C(=O)c2cccc(N)c2)CC1.Cl. The second kappa shape index (κ2) is 8.87. The van der Waals surface area contributed by atoms with Crippen molar-refractivity contribution in [3.05, 3.63) is 29.8 Å². The minimum absolute atomic E-state index is 0. The summed E-state index contributed by atoms with van der Waals surface area (Å²) in [4.78, 5) is 16.7. The summed E-state index contributed by atoms with van der Waals surface area (Å²) in [5, 5.41) is 0. The van der Waals surface area contributed by atoms with Gasteiger partial charge in [-0.1, -0.05) is 6.07 Å². The Kier molecular flexibility index (Phi) is 7.50. The van der Waals surface area contributed by atoms with Gasteiger partial charge in [-0.3, -0.25) is 9.69 Å². The van der Waals surface area contributed by atoms with Gasteiger partial charge in [0.2, 0.25) is 0 Å². The quantitative estimate of drug-likeness (QED) is 0.856. The monoisotopic (exact) mass is 313 g/mol. The topological polar surface area (TPSA) is 58.8 Å². The van der Waals surface area contributed by atoms with E-state index in [1.165, 1.54) is 0 Å². The van der Waals surface area contributed by atoms with E-state index in [1.54, 1.807) is 19.2 Å². The summed E-state index contributed by atoms with van der Waals surface area (Å²) in [6, 6.07) is 7.19. The van der Waals surface area contributed by atoms with Gasteiger partial charge in [0.15, 0.2) is 0 Å². The molecule has 6 heteroatoms. The predicted octanol–water partition coefficient (Wildman–Crippen LogP) is 1.48. The molecule has 1 amide bonds. The summed E-state index contributed by atoms with van der Waals surface area (Å²) < 4.78 is 5.11. The number of halogens is 1. The van der Waals surface area contributed by atoms with Crippen LogP contribution in [0.3, 0.4) is 0 Å². The van der Waals surface area contributed by atoms with Gasteiger partial charge in [0.1, 0.15) is 0 Å². The number of ether oxygens (including phenoxy) is 1. The predicted molar refractivity (Wildman–Crippen MR) is 86.9 cm³/mol. The second-order valence-electron chi connectivity index (χ2n) is 5.11. The summed E-state index contributed by atoms with van der Waals surface area (Å²) in [6.45, 7) is 5.15. The molecule has 1 fully saturated rings. The van der Waals surface area contributed by atoms with E-state index in [2.05, 4.69) is 4.90 Å². The highest BCUT2D eigenvalue weighted by Crippen LogP contribution is 2.12. The Morgan fingerprint density at radius 3 is 2.81 bits per heavy atom. The summed E-state index contributed by atoms with van der Waals surface area (Å²) in [5.41, 5.74) is 7.05. The molecule has 21 heavy (non-hydrogen) atoms. The Morgan fingerprint density at radius 1 is 1.29 bits per heavy atom. The molecule has 0 spiro atoms. The van der Waals surface area contributed by atoms with Gasteiger partial charge in [-0.15, -0.1) is 12.4 Å². The van der Waals surface area contributed by atoms with Crippen LogP contribution in [0.15, 0.2) is 24.3 Å². The lowest BCUT2D eigenvalue weighted by molar-refractivity contribution is 0.0759. The highest BCUT2D eigenvalue weighted by atomic mass is 35.5. The van der Waals surface area contributed by atoms with Crippen LogP contribution in [-0.4, -0.2) is 62.1 Å². The third-order valence-electron chi connectivity index (χ3n) is 3.62. The molecule has 1 saturated heterocycles. The maximum absolute atomic E-state index is 12.5. The van der Waals surface area contributed by atoms with Crippen molar-refractivity contribution in [1.82, 2.24) is 9.80 Å². The molecule has 1 aromatic carbocycles. The molecule has 0 atom stereocenters. The largest absolute Gasteiger partial charge is 0.399 e. The van der Waals surface area contributed by atoms with Crippen LogP contribution in [0.1, 0.15) is 16.8 Å². The summed E-state index contributed by atoms with van der Waals surface area (Å²) in [5.74, 6) is 0.0749. The van der Waals surface area contributed by atoms with Crippen molar-refractivity contribution in [3.8, 4) is 0 Å². The number of hydrogen-bond acceptors (Lipinski definition) is 4. The first-order chi connectivity index (χ1) is 9.70. The zero-order valence-corrected chi connectivity index (χ0v) is 13.3. The van der Waals surface area contributed by atoms with Crippen molar-refractivity contribution < 1.29 is 9.53 Å². The minimum Gasteiger partial charge on any atom is -0.399 e. The van der Waals surface area contributed by atoms with Gasteiger partial charge in [-0.2, -0.15) is 0 Å². The number of rotatable bonds is 4. The van der Waals surface area contributed by atoms with Crippen LogP contribution in [-0.2, 0) is 4.74 Å². The van der Waals surface area contributed by atoms with Crippen molar-refractivity contribution in [2.45, 2.75) is 6.42 Å². The fourth-order valence-corrected chi connectivity index (χ4v) is 2.47. The molecule has 0 unspecified atom stereocenters. The van der Waals surface area contributed by atoms with Crippen LogP contribution in [0.2, 0.25) is 0 Å². The molecular formula is C15H24ClN3O2. The van der Waals surface area contributed by atoms with Crippen molar-refractivity contribution in [3.63, 3.8) is 0 Å². The lowest BCUT2D eigenvalue weighted by Gasteiger charge is -2.22. The molecule has 1 aliphatic heterocycles. The summed E-state index contributed by atoms with van der Waals surface area (Å²) in [6.07, 6.45) is 0.998. The molecule has 0 radical (unpaired) electrons. The highest BCUT2D eigenvalue weighted by Gasteiger charge is 2.20. The van der Waals surface area contributed by atoms with E-state index < -0.39 is 0 Å². The number of nitrogen functional groups attached to an aromatic ring is 1. The number of amides is 1. The fraction of sp³-hybridized carbons (Fsp3) is 0.533. The zero-order chi connectivity index (χ0) is 14.4. The molecule has 118 valence electrons. The van der Waals surface area contributed by atoms with E-state index in [9.17, 15) is 4.79 Å². The maximum atomic E-state index is 12.5. The van der Waals surface area contributed by atoms with E-state index in [1.807, 2.05) is 17.0 Å². The second-order valence-corrected chi connectivity index (χ2v) is 5.11. The van der Waals surface area contributed by atoms with E-state index in [-0.39, 0.29) is 18.3 Å². The minimum atomic E-state index is 0. The first-order valence-corrected chi connectivity index (χ1v) is 7.07. The Morgan fingerprint density at radius 2 is 2.10 bits per heavy atom. The highest BCUT2D eigenvalue weighted by molar-refractivity contribution is 5.95. The van der Waals surface area contributed by atoms with Gasteiger partial charge in [0.05, 0.1) is 6.61 Å². The number of hydrogen-bond donors (Lipinski definition) is 1. The third-order valence-corrected chi connectivity index (χ3v) is 3.62. The molecule has 1 aromatic rings. The number of nitrogens with two attached hydrogens (primary N) is 1. The van der Waals surface area contributed by atoms with Gasteiger partial charge >= 0.3 is 0 Å². The van der Waals surface area contributed by atoms with Gasteiger partial charge < -0.3 is 15.4 Å². The molecule has 1 aliphatic rings. The van der Waals surface area contributed by atoms with Gasteiger partial charge in [-0.05, 0) is 31.2 Å². The molecule has 2 rings (SSSR count). The van der Waals surface area contributed by atoms with E-state index in [0.29, 0.717) is 11.3 Å². The summed E-state index contributed by atoms with van der Waals surface area (Å²) in [7, 11) is 1.72. The number of benzene rings is 1. The van der Waals surface area contributed by atoms with Crippen molar-refractivity contribution in [2.75, 3.05) is 52.2 Å². The maximum Gasteiger partial charge on any atom is 0.253 e. The lowest BCUT2D eigenvalue weighted by Crippen LogP contribution is -2.36. The van der Waals surface area contributed by atoms with Crippen LogP contribution < -0.4 is 5.73 Å². The molecule has 0 aromatic heterocycles. The van der Waals surface area contributed by atoms with Crippen LogP contribution in [0.5, 0.6) is 0 Å². The molecule has 1 heterocycles. The average molecular weight is 314 g/mol. The molecule has 0 aliphatic carbocycles. The molecular weight excluding hydrogens is 290 g/mol. The van der Waals surface area contributed by atoms with E-state index in [0.717, 1.165) is 45.8 Å². The first kappa shape index (κ1) is 17.8.